The third-order valence-electron chi connectivity index (χ3n) is 1.44. The highest BCUT2D eigenvalue weighted by Gasteiger charge is 2.36. The van der Waals surface area contributed by atoms with Crippen molar-refractivity contribution < 1.29 is 4.79 Å². The Labute approximate surface area is 77.5 Å². The van der Waals surface area contributed by atoms with Gasteiger partial charge >= 0.3 is 0 Å². The summed E-state index contributed by atoms with van der Waals surface area (Å²) in [6.45, 7) is 0. The van der Waals surface area contributed by atoms with Gasteiger partial charge < -0.3 is 5.73 Å². The summed E-state index contributed by atoms with van der Waals surface area (Å²) in [5.41, 5.74) is 5.31. The highest BCUT2D eigenvalue weighted by atomic mass is 35.5. The highest BCUT2D eigenvalue weighted by molar-refractivity contribution is 8.03. The summed E-state index contributed by atoms with van der Waals surface area (Å²) in [6.07, 6.45) is 0. The van der Waals surface area contributed by atoms with Gasteiger partial charge in [0.15, 0.2) is 10.7 Å². The van der Waals surface area contributed by atoms with Gasteiger partial charge in [0, 0.05) is 0 Å². The number of amides is 1. The van der Waals surface area contributed by atoms with Crippen LogP contribution in [0.3, 0.4) is 0 Å². The fourth-order valence-corrected chi connectivity index (χ4v) is 2.20. The first kappa shape index (κ1) is 7.88. The summed E-state index contributed by atoms with van der Waals surface area (Å²) in [4.78, 5) is 18.6. The number of guanidine groups is 1. The summed E-state index contributed by atoms with van der Waals surface area (Å²) in [7, 11) is 0. The van der Waals surface area contributed by atoms with E-state index in [4.69, 9.17) is 17.3 Å². The molecule has 2 aliphatic heterocycles. The van der Waals surface area contributed by atoms with Gasteiger partial charge in [-0.25, -0.2) is 4.99 Å². The lowest BCUT2D eigenvalue weighted by molar-refractivity contribution is -0.118. The van der Waals surface area contributed by atoms with Crippen molar-refractivity contribution in [1.82, 2.24) is 5.32 Å². The molecular weight excluding hydrogens is 200 g/mol. The van der Waals surface area contributed by atoms with Crippen LogP contribution in [-0.4, -0.2) is 27.8 Å². The maximum atomic E-state index is 11.2. The molecule has 0 bridgehead atoms. The van der Waals surface area contributed by atoms with Gasteiger partial charge in [-0.05, 0) is 0 Å². The van der Waals surface area contributed by atoms with Crippen molar-refractivity contribution >= 4 is 41.1 Å². The number of amidine groups is 1. The molecule has 64 valence electrons. The second-order valence-corrected chi connectivity index (χ2v) is 4.14. The molecular formula is C5H5ClN4OS. The van der Waals surface area contributed by atoms with Crippen molar-refractivity contribution in [1.29, 1.82) is 0 Å². The summed E-state index contributed by atoms with van der Waals surface area (Å²) >= 11 is 6.93. The Balaban J connectivity index is 2.35. The maximum absolute atomic E-state index is 11.2. The number of thioether (sulfide) groups is 1. The topological polar surface area (TPSA) is 79.8 Å². The lowest BCUT2D eigenvalue weighted by Crippen LogP contribution is -2.48. The number of carbonyl (C=O) groups is 1. The van der Waals surface area contributed by atoms with Gasteiger partial charge in [0.05, 0.1) is 0 Å². The van der Waals surface area contributed by atoms with Crippen LogP contribution in [0.25, 0.3) is 0 Å². The van der Waals surface area contributed by atoms with E-state index >= 15 is 0 Å². The average molecular weight is 205 g/mol. The summed E-state index contributed by atoms with van der Waals surface area (Å²) in [5, 5.41) is 2.01. The fourth-order valence-electron chi connectivity index (χ4n) is 0.985. The summed E-state index contributed by atoms with van der Waals surface area (Å²) < 4.78 is 0. The van der Waals surface area contributed by atoms with Gasteiger partial charge in [-0.15, -0.1) is 0 Å². The Morgan fingerprint density at radius 1 is 1.67 bits per heavy atom. The fraction of sp³-hybridized carbons (Fsp3) is 0.400. The molecule has 0 fully saturated rings. The smallest absolute Gasteiger partial charge is 0.247 e. The molecule has 0 saturated carbocycles. The van der Waals surface area contributed by atoms with Gasteiger partial charge in [0.1, 0.15) is 5.25 Å². The van der Waals surface area contributed by atoms with E-state index in [-0.39, 0.29) is 17.1 Å². The predicted molar refractivity (Wildman–Crippen MR) is 48.2 cm³/mol. The number of halogens is 1. The van der Waals surface area contributed by atoms with E-state index in [1.807, 2.05) is 0 Å². The van der Waals surface area contributed by atoms with Gasteiger partial charge in [-0.2, -0.15) is 4.99 Å². The minimum absolute atomic E-state index is 0.0846. The van der Waals surface area contributed by atoms with Crippen LogP contribution in [0, 0.1) is 0 Å². The third kappa shape index (κ3) is 1.16. The first-order chi connectivity index (χ1) is 5.66. The number of nitrogens with zero attached hydrogens (tertiary/aromatic N) is 2. The van der Waals surface area contributed by atoms with E-state index in [1.165, 1.54) is 11.8 Å². The highest BCUT2D eigenvalue weighted by Crippen LogP contribution is 2.31. The Morgan fingerprint density at radius 2 is 2.42 bits per heavy atom. The van der Waals surface area contributed by atoms with Crippen molar-refractivity contribution in [2.75, 3.05) is 0 Å². The average Bonchev–Trinajstić information content (AvgIpc) is 2.29. The van der Waals surface area contributed by atoms with Crippen LogP contribution in [0.15, 0.2) is 9.98 Å². The number of nitrogens with two attached hydrogens (primary N) is 1. The zero-order valence-corrected chi connectivity index (χ0v) is 7.39. The summed E-state index contributed by atoms with van der Waals surface area (Å²) in [5.74, 6) is 0.303. The van der Waals surface area contributed by atoms with Gasteiger partial charge in [0.25, 0.3) is 0 Å². The molecule has 2 aliphatic rings. The van der Waals surface area contributed by atoms with Crippen molar-refractivity contribution in [3.8, 4) is 0 Å². The molecule has 0 aliphatic carbocycles. The molecule has 2 heterocycles. The van der Waals surface area contributed by atoms with Crippen LogP contribution in [0.5, 0.6) is 0 Å². The van der Waals surface area contributed by atoms with Gasteiger partial charge in [0.2, 0.25) is 11.9 Å². The molecule has 7 heteroatoms. The monoisotopic (exact) mass is 204 g/mol. The van der Waals surface area contributed by atoms with Crippen LogP contribution in [0.1, 0.15) is 0 Å². The van der Waals surface area contributed by atoms with Crippen molar-refractivity contribution in [2.24, 2.45) is 15.7 Å². The first-order valence-corrected chi connectivity index (χ1v) is 4.57. The Kier molecular flexibility index (Phi) is 1.73. The lowest BCUT2D eigenvalue weighted by Gasteiger charge is -2.14. The Morgan fingerprint density at radius 3 is 3.17 bits per heavy atom. The molecule has 2 rings (SSSR count). The zero-order chi connectivity index (χ0) is 8.72. The second-order valence-electron chi connectivity index (χ2n) is 2.28. The number of nitrogens with one attached hydrogen (secondary N) is 1. The predicted octanol–water partition coefficient (Wildman–Crippen LogP) is -0.533. The molecule has 0 radical (unpaired) electrons. The standard InChI is InChI=1S/C5H5ClN4OS/c6-4-8-2-1(12-4)3(11)10-5(7)9-2/h1,4H,(H3,7,8,9,10,11). The van der Waals surface area contributed by atoms with Crippen molar-refractivity contribution in [3.63, 3.8) is 0 Å². The van der Waals surface area contributed by atoms with Crippen LogP contribution in [-0.2, 0) is 4.79 Å². The van der Waals surface area contributed by atoms with E-state index in [9.17, 15) is 4.79 Å². The number of carbonyl (C=O) groups excluding carboxylic acids is 1. The quantitative estimate of drug-likeness (QED) is 0.411. The van der Waals surface area contributed by atoms with E-state index in [2.05, 4.69) is 15.3 Å². The zero-order valence-electron chi connectivity index (χ0n) is 5.82. The molecule has 3 N–H and O–H groups in total. The summed E-state index contributed by atoms with van der Waals surface area (Å²) in [6, 6.07) is 0. The van der Waals surface area contributed by atoms with E-state index < -0.39 is 4.83 Å². The Hall–Kier alpha value is -0.750. The normalized spacial score (nSPS) is 33.6. The molecule has 0 aromatic rings. The molecule has 2 atom stereocenters. The molecule has 1 amide bonds. The number of aliphatic imine (C=N–C) groups is 2. The van der Waals surface area contributed by atoms with E-state index in [0.29, 0.717) is 5.84 Å². The number of rotatable bonds is 0. The number of hydrogen-bond acceptors (Lipinski definition) is 5. The molecule has 0 aromatic carbocycles. The third-order valence-corrected chi connectivity index (χ3v) is 2.87. The minimum Gasteiger partial charge on any atom is -0.369 e. The van der Waals surface area contributed by atoms with E-state index in [1.54, 1.807) is 0 Å². The number of hydrogen-bond donors (Lipinski definition) is 2. The molecule has 12 heavy (non-hydrogen) atoms. The molecule has 0 aromatic heterocycles. The lowest BCUT2D eigenvalue weighted by atomic mass is 10.3. The van der Waals surface area contributed by atoms with Gasteiger partial charge in [-0.1, -0.05) is 23.4 Å². The van der Waals surface area contributed by atoms with Gasteiger partial charge in [-0.3, -0.25) is 10.1 Å². The molecule has 0 spiro atoms. The van der Waals surface area contributed by atoms with Crippen molar-refractivity contribution in [3.05, 3.63) is 0 Å². The van der Waals surface area contributed by atoms with E-state index in [0.717, 1.165) is 0 Å². The molecule has 0 saturated heterocycles. The van der Waals surface area contributed by atoms with Crippen LogP contribution < -0.4 is 11.1 Å². The van der Waals surface area contributed by atoms with Crippen LogP contribution >= 0.6 is 23.4 Å². The molecule has 2 unspecified atom stereocenters. The van der Waals surface area contributed by atoms with Crippen LogP contribution in [0.2, 0.25) is 0 Å². The largest absolute Gasteiger partial charge is 0.369 e. The number of fused-ring (bicyclic) bond motifs is 1. The second kappa shape index (κ2) is 2.63. The SMILES string of the molecule is NC1=NC2=NC(Cl)SC2C(=O)N1. The Bertz CT molecular complexity index is 302. The minimum atomic E-state index is -0.426. The first-order valence-electron chi connectivity index (χ1n) is 3.19. The number of alkyl halides is 1. The maximum Gasteiger partial charge on any atom is 0.247 e. The molecule has 5 nitrogen and oxygen atoms in total. The van der Waals surface area contributed by atoms with Crippen LogP contribution in [0.4, 0.5) is 0 Å². The van der Waals surface area contributed by atoms with Crippen molar-refractivity contribution in [2.45, 2.75) is 10.1 Å².